The van der Waals surface area contributed by atoms with Gasteiger partial charge in [0.2, 0.25) is 0 Å². The van der Waals surface area contributed by atoms with Crippen molar-refractivity contribution in [2.75, 3.05) is 39.5 Å². The van der Waals surface area contributed by atoms with Crippen molar-refractivity contribution in [2.45, 2.75) is 6.92 Å². The highest BCUT2D eigenvalue weighted by Gasteiger charge is 2.11. The summed E-state index contributed by atoms with van der Waals surface area (Å²) in [6, 6.07) is 3.75. The van der Waals surface area contributed by atoms with Crippen LogP contribution in [-0.2, 0) is 4.74 Å². The first kappa shape index (κ1) is 14.0. The van der Waals surface area contributed by atoms with Crippen LogP contribution in [0.4, 0.5) is 0 Å². The van der Waals surface area contributed by atoms with Crippen molar-refractivity contribution in [3.63, 3.8) is 0 Å². The molecule has 6 heteroatoms. The van der Waals surface area contributed by atoms with Gasteiger partial charge in [-0.05, 0) is 19.1 Å². The average Bonchev–Trinajstić information content (AvgIpc) is 2.91. The van der Waals surface area contributed by atoms with E-state index >= 15 is 0 Å². The number of aromatic nitrogens is 2. The fourth-order valence-corrected chi connectivity index (χ4v) is 2.44. The summed E-state index contributed by atoms with van der Waals surface area (Å²) in [7, 11) is 0. The van der Waals surface area contributed by atoms with E-state index < -0.39 is 0 Å². The number of pyridine rings is 1. The highest BCUT2D eigenvalue weighted by Crippen LogP contribution is 2.16. The Bertz CT molecular complexity index is 632. The summed E-state index contributed by atoms with van der Waals surface area (Å²) in [5.74, 6) is 0.778. The Labute approximate surface area is 123 Å². The molecule has 0 unspecified atom stereocenters. The predicted molar refractivity (Wildman–Crippen MR) is 78.0 cm³/mol. The standard InChI is InChI=1S/C15H19N3O3/c1-12(19)14-10-16-18-11-13(2-3-15(14)18)21-9-6-17-4-7-20-8-5-17/h2-3,10-11H,4-9H2,1H3. The van der Waals surface area contributed by atoms with Crippen LogP contribution in [0.15, 0.2) is 24.5 Å². The third-order valence-electron chi connectivity index (χ3n) is 3.65. The molecular weight excluding hydrogens is 270 g/mol. The molecule has 0 aliphatic carbocycles. The Hall–Kier alpha value is -1.92. The number of carbonyl (C=O) groups excluding carboxylic acids is 1. The molecule has 112 valence electrons. The summed E-state index contributed by atoms with van der Waals surface area (Å²) < 4.78 is 12.8. The van der Waals surface area contributed by atoms with Gasteiger partial charge < -0.3 is 9.47 Å². The number of ketones is 1. The van der Waals surface area contributed by atoms with Crippen LogP contribution in [0.25, 0.3) is 5.52 Å². The number of Topliss-reactive ketones (excluding diaryl/α,β-unsaturated/α-hetero) is 1. The first-order chi connectivity index (χ1) is 10.2. The number of nitrogens with zero attached hydrogens (tertiary/aromatic N) is 3. The lowest BCUT2D eigenvalue weighted by Gasteiger charge is -2.26. The van der Waals surface area contributed by atoms with E-state index in [4.69, 9.17) is 9.47 Å². The van der Waals surface area contributed by atoms with Gasteiger partial charge in [0.15, 0.2) is 5.78 Å². The SMILES string of the molecule is CC(=O)c1cnn2cc(OCCN3CCOCC3)ccc12. The Morgan fingerprint density at radius 2 is 2.19 bits per heavy atom. The molecule has 3 rings (SSSR count). The van der Waals surface area contributed by atoms with E-state index in [0.29, 0.717) is 12.2 Å². The normalized spacial score (nSPS) is 16.2. The van der Waals surface area contributed by atoms with Crippen molar-refractivity contribution in [2.24, 2.45) is 0 Å². The molecule has 21 heavy (non-hydrogen) atoms. The van der Waals surface area contributed by atoms with E-state index in [1.165, 1.54) is 0 Å². The Balaban J connectivity index is 1.61. The number of ether oxygens (including phenoxy) is 2. The number of hydrogen-bond donors (Lipinski definition) is 0. The van der Waals surface area contributed by atoms with E-state index in [2.05, 4.69) is 10.00 Å². The maximum atomic E-state index is 11.5. The zero-order valence-electron chi connectivity index (χ0n) is 12.1. The van der Waals surface area contributed by atoms with Gasteiger partial charge in [-0.3, -0.25) is 9.69 Å². The smallest absolute Gasteiger partial charge is 0.163 e. The van der Waals surface area contributed by atoms with Crippen molar-refractivity contribution in [3.8, 4) is 5.75 Å². The molecule has 0 N–H and O–H groups in total. The number of hydrogen-bond acceptors (Lipinski definition) is 5. The van der Waals surface area contributed by atoms with Crippen LogP contribution in [0.3, 0.4) is 0 Å². The van der Waals surface area contributed by atoms with Gasteiger partial charge in [0.05, 0.1) is 36.7 Å². The van der Waals surface area contributed by atoms with Crippen molar-refractivity contribution in [3.05, 3.63) is 30.1 Å². The molecule has 1 aliphatic heterocycles. The van der Waals surface area contributed by atoms with Gasteiger partial charge in [0.1, 0.15) is 12.4 Å². The molecule has 0 spiro atoms. The lowest BCUT2D eigenvalue weighted by atomic mass is 10.2. The second-order valence-electron chi connectivity index (χ2n) is 5.11. The first-order valence-corrected chi connectivity index (χ1v) is 7.15. The van der Waals surface area contributed by atoms with E-state index in [9.17, 15) is 4.79 Å². The minimum absolute atomic E-state index is 0.0194. The minimum Gasteiger partial charge on any atom is -0.491 e. The zero-order chi connectivity index (χ0) is 14.7. The van der Waals surface area contributed by atoms with Crippen molar-refractivity contribution in [1.82, 2.24) is 14.5 Å². The van der Waals surface area contributed by atoms with Crippen LogP contribution < -0.4 is 4.74 Å². The van der Waals surface area contributed by atoms with Crippen LogP contribution in [0.1, 0.15) is 17.3 Å². The lowest BCUT2D eigenvalue weighted by molar-refractivity contribution is 0.0322. The van der Waals surface area contributed by atoms with E-state index in [-0.39, 0.29) is 5.78 Å². The molecule has 3 heterocycles. The van der Waals surface area contributed by atoms with Gasteiger partial charge in [-0.15, -0.1) is 0 Å². The predicted octanol–water partition coefficient (Wildman–Crippen LogP) is 1.25. The van der Waals surface area contributed by atoms with E-state index in [0.717, 1.165) is 44.1 Å². The maximum absolute atomic E-state index is 11.5. The Morgan fingerprint density at radius 1 is 1.38 bits per heavy atom. The van der Waals surface area contributed by atoms with Gasteiger partial charge in [0.25, 0.3) is 0 Å². The molecule has 2 aromatic rings. The summed E-state index contributed by atoms with van der Waals surface area (Å²) in [4.78, 5) is 13.8. The van der Waals surface area contributed by atoms with Gasteiger partial charge in [-0.25, -0.2) is 4.52 Å². The summed E-state index contributed by atoms with van der Waals surface area (Å²) in [6.45, 7) is 6.59. The molecule has 1 aliphatic rings. The third-order valence-corrected chi connectivity index (χ3v) is 3.65. The van der Waals surface area contributed by atoms with Crippen molar-refractivity contribution < 1.29 is 14.3 Å². The largest absolute Gasteiger partial charge is 0.491 e. The zero-order valence-corrected chi connectivity index (χ0v) is 12.1. The van der Waals surface area contributed by atoms with Crippen molar-refractivity contribution >= 4 is 11.3 Å². The molecule has 0 atom stereocenters. The molecule has 0 radical (unpaired) electrons. The van der Waals surface area contributed by atoms with Gasteiger partial charge in [-0.1, -0.05) is 0 Å². The highest BCUT2D eigenvalue weighted by molar-refractivity contribution is 6.00. The second kappa shape index (κ2) is 6.24. The lowest BCUT2D eigenvalue weighted by Crippen LogP contribution is -2.38. The Morgan fingerprint density at radius 3 is 2.95 bits per heavy atom. The van der Waals surface area contributed by atoms with Crippen LogP contribution >= 0.6 is 0 Å². The van der Waals surface area contributed by atoms with Crippen LogP contribution in [0, 0.1) is 0 Å². The fraction of sp³-hybridized carbons (Fsp3) is 0.467. The maximum Gasteiger partial charge on any atom is 0.163 e. The fourth-order valence-electron chi connectivity index (χ4n) is 2.44. The van der Waals surface area contributed by atoms with Crippen LogP contribution in [-0.4, -0.2) is 59.8 Å². The molecule has 2 aromatic heterocycles. The van der Waals surface area contributed by atoms with E-state index in [1.54, 1.807) is 23.8 Å². The number of rotatable bonds is 5. The molecule has 6 nitrogen and oxygen atoms in total. The molecule has 1 saturated heterocycles. The third kappa shape index (κ3) is 3.22. The van der Waals surface area contributed by atoms with E-state index in [1.807, 2.05) is 12.1 Å². The molecule has 0 bridgehead atoms. The molecule has 0 saturated carbocycles. The quantitative estimate of drug-likeness (QED) is 0.775. The second-order valence-corrected chi connectivity index (χ2v) is 5.11. The highest BCUT2D eigenvalue weighted by atomic mass is 16.5. The average molecular weight is 289 g/mol. The summed E-state index contributed by atoms with van der Waals surface area (Å²) in [5, 5.41) is 4.19. The number of fused-ring (bicyclic) bond motifs is 1. The topological polar surface area (TPSA) is 56.1 Å². The number of carbonyl (C=O) groups is 1. The number of morpholine rings is 1. The first-order valence-electron chi connectivity index (χ1n) is 7.15. The minimum atomic E-state index is 0.0194. The van der Waals surface area contributed by atoms with Gasteiger partial charge in [0, 0.05) is 19.6 Å². The van der Waals surface area contributed by atoms with Gasteiger partial charge in [-0.2, -0.15) is 5.10 Å². The molecular formula is C15H19N3O3. The van der Waals surface area contributed by atoms with Gasteiger partial charge >= 0.3 is 0 Å². The van der Waals surface area contributed by atoms with Crippen LogP contribution in [0.2, 0.25) is 0 Å². The monoisotopic (exact) mass is 289 g/mol. The van der Waals surface area contributed by atoms with Crippen LogP contribution in [0.5, 0.6) is 5.75 Å². The Kier molecular flexibility index (Phi) is 4.17. The summed E-state index contributed by atoms with van der Waals surface area (Å²) in [6.07, 6.45) is 3.40. The summed E-state index contributed by atoms with van der Waals surface area (Å²) in [5.41, 5.74) is 1.44. The molecule has 0 aromatic carbocycles. The molecule has 1 fully saturated rings. The summed E-state index contributed by atoms with van der Waals surface area (Å²) >= 11 is 0. The molecule has 0 amide bonds. The van der Waals surface area contributed by atoms with Crippen molar-refractivity contribution in [1.29, 1.82) is 0 Å².